The van der Waals surface area contributed by atoms with Crippen LogP contribution in [0.5, 0.6) is 0 Å². The highest BCUT2D eigenvalue weighted by Gasteiger charge is 2.19. The average Bonchev–Trinajstić information content (AvgIpc) is 3.09. The molecule has 1 saturated heterocycles. The number of pyridine rings is 1. The summed E-state index contributed by atoms with van der Waals surface area (Å²) in [5.41, 5.74) is 2.33. The SMILES string of the molecule is CC.COC(=O)c1ccc2ncc(Cl)c(N3CCCC3)c2c1. The number of nitrogens with zero attached hydrogens (tertiary/aromatic N) is 2. The molecular formula is C17H21ClN2O2. The van der Waals surface area contributed by atoms with E-state index in [4.69, 9.17) is 16.3 Å². The molecule has 2 aromatic rings. The Balaban J connectivity index is 0.000000847. The highest BCUT2D eigenvalue weighted by Crippen LogP contribution is 2.35. The van der Waals surface area contributed by atoms with Gasteiger partial charge in [0.05, 0.1) is 28.9 Å². The Kier molecular flexibility index (Phi) is 5.61. The lowest BCUT2D eigenvalue weighted by Crippen LogP contribution is -2.18. The molecule has 3 rings (SSSR count). The highest BCUT2D eigenvalue weighted by molar-refractivity contribution is 6.34. The van der Waals surface area contributed by atoms with Crippen molar-refractivity contribution in [1.29, 1.82) is 0 Å². The maximum atomic E-state index is 11.7. The van der Waals surface area contributed by atoms with E-state index in [1.165, 1.54) is 7.11 Å². The monoisotopic (exact) mass is 320 g/mol. The minimum atomic E-state index is -0.348. The van der Waals surface area contributed by atoms with Crippen molar-refractivity contribution in [2.24, 2.45) is 0 Å². The summed E-state index contributed by atoms with van der Waals surface area (Å²) in [5.74, 6) is -0.348. The van der Waals surface area contributed by atoms with Gasteiger partial charge in [-0.2, -0.15) is 0 Å². The van der Waals surface area contributed by atoms with Crippen LogP contribution in [0, 0.1) is 0 Å². The number of ether oxygens (including phenoxy) is 1. The fourth-order valence-electron chi connectivity index (χ4n) is 2.66. The molecule has 0 unspecified atom stereocenters. The Morgan fingerprint density at radius 2 is 1.95 bits per heavy atom. The Hall–Kier alpha value is -1.81. The molecule has 1 aliphatic heterocycles. The van der Waals surface area contributed by atoms with Crippen LogP contribution in [0.2, 0.25) is 5.02 Å². The van der Waals surface area contributed by atoms with E-state index in [0.29, 0.717) is 10.6 Å². The molecule has 0 atom stereocenters. The van der Waals surface area contributed by atoms with E-state index in [0.717, 1.165) is 42.5 Å². The molecule has 0 radical (unpaired) electrons. The van der Waals surface area contributed by atoms with Gasteiger partial charge in [-0.05, 0) is 31.0 Å². The average molecular weight is 321 g/mol. The van der Waals surface area contributed by atoms with Crippen LogP contribution in [0.15, 0.2) is 24.4 Å². The van der Waals surface area contributed by atoms with Gasteiger partial charge in [-0.15, -0.1) is 0 Å². The number of carbonyl (C=O) groups excluding carboxylic acids is 1. The molecule has 118 valence electrons. The fourth-order valence-corrected chi connectivity index (χ4v) is 2.93. The standard InChI is InChI=1S/C15H15ClN2O2.C2H6/c1-20-15(19)10-4-5-13-11(8-10)14(12(16)9-17-13)18-6-2-3-7-18;1-2/h4-5,8-9H,2-3,6-7H2,1H3;1-2H3. The van der Waals surface area contributed by atoms with Crippen LogP contribution in [-0.2, 0) is 4.74 Å². The second-order valence-electron chi connectivity index (χ2n) is 4.87. The molecule has 22 heavy (non-hydrogen) atoms. The number of halogens is 1. The van der Waals surface area contributed by atoms with E-state index in [2.05, 4.69) is 9.88 Å². The maximum absolute atomic E-state index is 11.7. The molecule has 0 saturated carbocycles. The largest absolute Gasteiger partial charge is 0.465 e. The molecule has 0 spiro atoms. The first kappa shape index (κ1) is 16.6. The van der Waals surface area contributed by atoms with Crippen LogP contribution in [0.3, 0.4) is 0 Å². The second-order valence-corrected chi connectivity index (χ2v) is 5.28. The summed E-state index contributed by atoms with van der Waals surface area (Å²) in [6.45, 7) is 5.97. The third-order valence-corrected chi connectivity index (χ3v) is 3.91. The lowest BCUT2D eigenvalue weighted by molar-refractivity contribution is 0.0601. The summed E-state index contributed by atoms with van der Waals surface area (Å²) < 4.78 is 4.77. The van der Waals surface area contributed by atoms with Crippen molar-refractivity contribution in [1.82, 2.24) is 4.98 Å². The van der Waals surface area contributed by atoms with E-state index in [1.54, 1.807) is 12.3 Å². The van der Waals surface area contributed by atoms with Crippen LogP contribution in [0.1, 0.15) is 37.0 Å². The minimum Gasteiger partial charge on any atom is -0.465 e. The van der Waals surface area contributed by atoms with Gasteiger partial charge < -0.3 is 9.64 Å². The Labute approximate surface area is 136 Å². The van der Waals surface area contributed by atoms with Crippen molar-refractivity contribution in [2.45, 2.75) is 26.7 Å². The normalized spacial score (nSPS) is 13.7. The molecule has 2 heterocycles. The van der Waals surface area contributed by atoms with E-state index in [9.17, 15) is 4.79 Å². The molecule has 1 fully saturated rings. The Morgan fingerprint density at radius 3 is 2.59 bits per heavy atom. The Morgan fingerprint density at radius 1 is 1.27 bits per heavy atom. The van der Waals surface area contributed by atoms with E-state index < -0.39 is 0 Å². The van der Waals surface area contributed by atoms with Crippen molar-refractivity contribution in [3.63, 3.8) is 0 Å². The van der Waals surface area contributed by atoms with Gasteiger partial charge >= 0.3 is 5.97 Å². The zero-order valence-corrected chi connectivity index (χ0v) is 14.0. The number of rotatable bonds is 2. The highest BCUT2D eigenvalue weighted by atomic mass is 35.5. The van der Waals surface area contributed by atoms with Crippen molar-refractivity contribution < 1.29 is 9.53 Å². The molecular weight excluding hydrogens is 300 g/mol. The van der Waals surface area contributed by atoms with Crippen LogP contribution < -0.4 is 4.90 Å². The quantitative estimate of drug-likeness (QED) is 0.774. The number of fused-ring (bicyclic) bond motifs is 1. The number of benzene rings is 1. The zero-order chi connectivity index (χ0) is 16.1. The summed E-state index contributed by atoms with van der Waals surface area (Å²) >= 11 is 6.33. The minimum absolute atomic E-state index is 0.348. The first-order valence-corrected chi connectivity index (χ1v) is 8.00. The smallest absolute Gasteiger partial charge is 0.337 e. The van der Waals surface area contributed by atoms with Crippen LogP contribution in [0.4, 0.5) is 5.69 Å². The molecule has 1 aromatic heterocycles. The third-order valence-electron chi connectivity index (χ3n) is 3.64. The third kappa shape index (κ3) is 3.17. The first-order chi connectivity index (χ1) is 10.7. The number of anilines is 1. The lowest BCUT2D eigenvalue weighted by Gasteiger charge is -2.21. The molecule has 0 aliphatic carbocycles. The van der Waals surface area contributed by atoms with Gasteiger partial charge in [0, 0.05) is 24.7 Å². The summed E-state index contributed by atoms with van der Waals surface area (Å²) in [6, 6.07) is 5.37. The van der Waals surface area contributed by atoms with E-state index >= 15 is 0 Å². The van der Waals surface area contributed by atoms with Gasteiger partial charge in [0.25, 0.3) is 0 Å². The summed E-state index contributed by atoms with van der Waals surface area (Å²) in [7, 11) is 1.38. The van der Waals surface area contributed by atoms with Crippen molar-refractivity contribution in [3.8, 4) is 0 Å². The van der Waals surface area contributed by atoms with Crippen LogP contribution >= 0.6 is 11.6 Å². The molecule has 0 amide bonds. The number of hydrogen-bond acceptors (Lipinski definition) is 4. The summed E-state index contributed by atoms with van der Waals surface area (Å²) in [6.07, 6.45) is 4.00. The zero-order valence-electron chi connectivity index (χ0n) is 13.2. The predicted octanol–water partition coefficient (Wildman–Crippen LogP) is 4.30. The summed E-state index contributed by atoms with van der Waals surface area (Å²) in [4.78, 5) is 18.3. The van der Waals surface area contributed by atoms with Gasteiger partial charge in [0.15, 0.2) is 0 Å². The fraction of sp³-hybridized carbons (Fsp3) is 0.412. The number of aromatic nitrogens is 1. The number of methoxy groups -OCH3 is 1. The van der Waals surface area contributed by atoms with Gasteiger partial charge in [0.1, 0.15) is 0 Å². The molecule has 1 aromatic carbocycles. The van der Waals surface area contributed by atoms with Gasteiger partial charge in [-0.3, -0.25) is 4.98 Å². The van der Waals surface area contributed by atoms with Crippen LogP contribution in [0.25, 0.3) is 10.9 Å². The second kappa shape index (κ2) is 7.45. The molecule has 4 nitrogen and oxygen atoms in total. The van der Waals surface area contributed by atoms with Gasteiger partial charge in [-0.25, -0.2) is 4.79 Å². The van der Waals surface area contributed by atoms with Gasteiger partial charge in [-0.1, -0.05) is 25.4 Å². The van der Waals surface area contributed by atoms with Crippen molar-refractivity contribution in [3.05, 3.63) is 35.0 Å². The van der Waals surface area contributed by atoms with E-state index in [1.807, 2.05) is 26.0 Å². The maximum Gasteiger partial charge on any atom is 0.337 e. The molecule has 0 bridgehead atoms. The Bertz CT molecular complexity index is 667. The molecule has 0 N–H and O–H groups in total. The predicted molar refractivity (Wildman–Crippen MR) is 90.9 cm³/mol. The lowest BCUT2D eigenvalue weighted by atomic mass is 10.1. The molecule has 1 aliphatic rings. The first-order valence-electron chi connectivity index (χ1n) is 7.62. The molecule has 5 heteroatoms. The van der Waals surface area contributed by atoms with E-state index in [-0.39, 0.29) is 5.97 Å². The summed E-state index contributed by atoms with van der Waals surface area (Å²) in [5, 5.41) is 1.53. The van der Waals surface area contributed by atoms with Gasteiger partial charge in [0.2, 0.25) is 0 Å². The topological polar surface area (TPSA) is 42.4 Å². The number of esters is 1. The number of hydrogen-bond donors (Lipinski definition) is 0. The van der Waals surface area contributed by atoms with Crippen molar-refractivity contribution >= 4 is 34.2 Å². The number of carbonyl (C=O) groups is 1. The van der Waals surface area contributed by atoms with Crippen molar-refractivity contribution in [2.75, 3.05) is 25.1 Å². The van der Waals surface area contributed by atoms with Crippen LogP contribution in [-0.4, -0.2) is 31.2 Å².